The number of β-lactam (4-membered cyclic amide) rings is 1. The fourth-order valence-corrected chi connectivity index (χ4v) is 6.12. The van der Waals surface area contributed by atoms with E-state index >= 15 is 0 Å². The fraction of sp³-hybridized carbons (Fsp3) is 0.650. The molecule has 1 saturated heterocycles. The lowest BCUT2D eigenvalue weighted by Crippen LogP contribution is -2.80. The number of tetrazole rings is 1. The number of nitrogens with zero attached hydrogens (tertiary/aromatic N) is 5. The Bertz CT molecular complexity index is 1130. The smallest absolute Gasteiger partial charge is 0.357 e. The molecule has 1 fully saturated rings. The van der Waals surface area contributed by atoms with Gasteiger partial charge in [-0.1, -0.05) is 23.5 Å². The zero-order chi connectivity index (χ0) is 28.3. The Balaban J connectivity index is 1.82. The van der Waals surface area contributed by atoms with Crippen LogP contribution in [0.2, 0.25) is 0 Å². The largest absolute Gasteiger partial charge is 0.427 e. The summed E-state index contributed by atoms with van der Waals surface area (Å²) in [6.45, 7) is 4.23. The molecule has 2 aliphatic rings. The number of aromatic nitrogens is 4. The lowest BCUT2D eigenvalue weighted by molar-refractivity contribution is -0.194. The predicted molar refractivity (Wildman–Crippen MR) is 132 cm³/mol. The quantitative estimate of drug-likeness (QED) is 0.167. The van der Waals surface area contributed by atoms with Gasteiger partial charge in [-0.05, 0) is 36.8 Å². The summed E-state index contributed by atoms with van der Waals surface area (Å²) in [5.74, 6) is -6.06. The molecular weight excluding hydrogens is 570 g/mol. The Labute approximate surface area is 229 Å². The van der Waals surface area contributed by atoms with Gasteiger partial charge in [-0.15, -0.1) is 16.9 Å². The number of aryl methyl sites for hydroxylation is 1. The number of thioether (sulfide) groups is 3. The molecule has 2 atom stereocenters. The van der Waals surface area contributed by atoms with Crippen molar-refractivity contribution in [2.24, 2.45) is 12.5 Å². The minimum absolute atomic E-state index is 0.0999. The number of fused-ring (bicyclic) bond motifs is 1. The summed E-state index contributed by atoms with van der Waals surface area (Å²) >= 11 is 2.52. The molecule has 0 spiro atoms. The maximum Gasteiger partial charge on any atom is 0.357 e. The minimum Gasteiger partial charge on any atom is -0.427 e. The van der Waals surface area contributed by atoms with E-state index in [0.29, 0.717) is 10.7 Å². The summed E-state index contributed by atoms with van der Waals surface area (Å²) in [5.41, 5.74) is -2.28. The summed E-state index contributed by atoms with van der Waals surface area (Å²) in [6.07, 6.45) is 0. The molecule has 210 valence electrons. The normalized spacial score (nSPS) is 21.2. The van der Waals surface area contributed by atoms with Crippen LogP contribution in [0.25, 0.3) is 0 Å². The van der Waals surface area contributed by atoms with E-state index < -0.39 is 58.6 Å². The molecule has 0 saturated carbocycles. The second-order valence-corrected chi connectivity index (χ2v) is 11.9. The summed E-state index contributed by atoms with van der Waals surface area (Å²) < 4.78 is 42.0. The van der Waals surface area contributed by atoms with Crippen molar-refractivity contribution in [3.05, 3.63) is 11.3 Å². The van der Waals surface area contributed by atoms with Gasteiger partial charge in [0, 0.05) is 25.7 Å². The van der Waals surface area contributed by atoms with Crippen LogP contribution in [-0.2, 0) is 40.4 Å². The first-order valence-electron chi connectivity index (χ1n) is 10.9. The number of carbonyl (C=O) groups excluding carboxylic acids is 4. The number of hydrogen-bond donors (Lipinski definition) is 1. The maximum absolute atomic E-state index is 13.3. The number of halogens is 2. The number of ether oxygens (including phenoxy) is 3. The van der Waals surface area contributed by atoms with Crippen LogP contribution < -0.4 is 5.32 Å². The maximum atomic E-state index is 13.3. The highest BCUT2D eigenvalue weighted by atomic mass is 32.2. The highest BCUT2D eigenvalue weighted by molar-refractivity contribution is 8.01. The van der Waals surface area contributed by atoms with Crippen LogP contribution in [0.4, 0.5) is 8.78 Å². The number of carbonyl (C=O) groups is 4. The lowest BCUT2D eigenvalue weighted by Gasteiger charge is -2.56. The van der Waals surface area contributed by atoms with E-state index in [1.807, 2.05) is 0 Å². The second kappa shape index (κ2) is 12.2. The molecule has 2 aliphatic heterocycles. The van der Waals surface area contributed by atoms with Gasteiger partial charge in [-0.3, -0.25) is 19.3 Å². The third-order valence-electron chi connectivity index (χ3n) is 5.24. The van der Waals surface area contributed by atoms with Crippen molar-refractivity contribution in [3.63, 3.8) is 0 Å². The van der Waals surface area contributed by atoms with Crippen molar-refractivity contribution in [1.82, 2.24) is 30.4 Å². The van der Waals surface area contributed by atoms with Crippen molar-refractivity contribution in [1.29, 1.82) is 0 Å². The van der Waals surface area contributed by atoms with Gasteiger partial charge in [-0.2, -0.15) is 8.78 Å². The van der Waals surface area contributed by atoms with Gasteiger partial charge in [0.15, 0.2) is 0 Å². The second-order valence-electron chi connectivity index (χ2n) is 8.96. The van der Waals surface area contributed by atoms with Crippen molar-refractivity contribution in [2.45, 2.75) is 42.8 Å². The molecule has 38 heavy (non-hydrogen) atoms. The Morgan fingerprint density at radius 3 is 2.58 bits per heavy atom. The topological polar surface area (TPSA) is 155 Å². The Morgan fingerprint density at radius 2 is 2.00 bits per heavy atom. The Morgan fingerprint density at radius 1 is 1.29 bits per heavy atom. The standard InChI is InChI=1S/C20H26F2N6O7S3/c1-19(2,3)16(32)35-9-34-13(30)12-10(7-38-18-24-25-26-27(18)4)6-36-15-20(33-5,14(31)28(12)15)23-11(29)8-37-17(21)22/h15,17H,6-9H2,1-5H3,(H,23,29)/t15-,20+/m1/s1. The molecule has 0 bridgehead atoms. The average molecular weight is 597 g/mol. The van der Waals surface area contributed by atoms with Crippen molar-refractivity contribution in [2.75, 3.05) is 31.2 Å². The van der Waals surface area contributed by atoms with Crippen LogP contribution in [0.3, 0.4) is 0 Å². The van der Waals surface area contributed by atoms with Gasteiger partial charge in [-0.25, -0.2) is 9.48 Å². The molecule has 1 aromatic rings. The summed E-state index contributed by atoms with van der Waals surface area (Å²) in [4.78, 5) is 51.9. The van der Waals surface area contributed by atoms with Gasteiger partial charge in [0.25, 0.3) is 17.4 Å². The van der Waals surface area contributed by atoms with E-state index in [9.17, 15) is 28.0 Å². The van der Waals surface area contributed by atoms with Crippen molar-refractivity contribution < 1.29 is 42.2 Å². The van der Waals surface area contributed by atoms with E-state index in [1.54, 1.807) is 27.8 Å². The fourth-order valence-electron chi connectivity index (χ4n) is 3.34. The van der Waals surface area contributed by atoms with Crippen LogP contribution in [-0.4, -0.2) is 96.9 Å². The highest BCUT2D eigenvalue weighted by Crippen LogP contribution is 2.47. The molecule has 0 aromatic carbocycles. The molecule has 2 amide bonds. The molecule has 1 aromatic heterocycles. The summed E-state index contributed by atoms with van der Waals surface area (Å²) in [6, 6.07) is 0. The Kier molecular flexibility index (Phi) is 9.64. The van der Waals surface area contributed by atoms with Crippen LogP contribution in [0.1, 0.15) is 20.8 Å². The van der Waals surface area contributed by atoms with Crippen LogP contribution in [0.15, 0.2) is 16.4 Å². The first-order valence-corrected chi connectivity index (χ1v) is 14.0. The van der Waals surface area contributed by atoms with E-state index in [-0.39, 0.29) is 29.0 Å². The third-order valence-corrected chi connectivity index (χ3v) is 8.39. The van der Waals surface area contributed by atoms with Crippen LogP contribution >= 0.6 is 35.3 Å². The molecular formula is C20H26F2N6O7S3. The molecule has 18 heteroatoms. The van der Waals surface area contributed by atoms with Gasteiger partial charge in [0.1, 0.15) is 11.1 Å². The van der Waals surface area contributed by atoms with Gasteiger partial charge in [0.2, 0.25) is 17.9 Å². The van der Waals surface area contributed by atoms with Crippen LogP contribution in [0.5, 0.6) is 0 Å². The Hall–Kier alpha value is -2.44. The van der Waals surface area contributed by atoms with Gasteiger partial charge in [0.05, 0.1) is 11.2 Å². The predicted octanol–water partition coefficient (Wildman–Crippen LogP) is 0.976. The number of methoxy groups -OCH3 is 1. The highest BCUT2D eigenvalue weighted by Gasteiger charge is 2.66. The number of hydrogen-bond acceptors (Lipinski definition) is 13. The molecule has 0 unspecified atom stereocenters. The SMILES string of the molecule is CO[C@@]1(NC(=O)CSC(F)F)C(=O)N2C(C(=O)OCOC(=O)C(C)(C)C)=C(CSc3nnnn3C)CS[C@@H]21. The minimum atomic E-state index is -2.77. The molecule has 3 heterocycles. The number of alkyl halides is 2. The van der Waals surface area contributed by atoms with Crippen molar-refractivity contribution in [3.8, 4) is 0 Å². The number of rotatable bonds is 11. The van der Waals surface area contributed by atoms with E-state index in [0.717, 1.165) is 4.90 Å². The van der Waals surface area contributed by atoms with Gasteiger partial charge >= 0.3 is 11.9 Å². The van der Waals surface area contributed by atoms with E-state index in [2.05, 4.69) is 20.8 Å². The molecule has 0 aliphatic carbocycles. The molecule has 3 rings (SSSR count). The zero-order valence-electron chi connectivity index (χ0n) is 21.1. The van der Waals surface area contributed by atoms with Crippen LogP contribution in [0, 0.1) is 5.41 Å². The first-order chi connectivity index (χ1) is 17.8. The molecule has 0 radical (unpaired) electrons. The monoisotopic (exact) mass is 596 g/mol. The average Bonchev–Trinajstić information content (AvgIpc) is 3.27. The van der Waals surface area contributed by atoms with E-state index in [1.165, 1.54) is 35.3 Å². The third kappa shape index (κ3) is 6.40. The molecule has 1 N–H and O–H groups in total. The van der Waals surface area contributed by atoms with Gasteiger partial charge < -0.3 is 19.5 Å². The zero-order valence-corrected chi connectivity index (χ0v) is 23.5. The van der Waals surface area contributed by atoms with E-state index in [4.69, 9.17) is 14.2 Å². The summed E-state index contributed by atoms with van der Waals surface area (Å²) in [7, 11) is 2.83. The number of amides is 2. The van der Waals surface area contributed by atoms with Crippen molar-refractivity contribution >= 4 is 59.0 Å². The molecule has 13 nitrogen and oxygen atoms in total. The summed E-state index contributed by atoms with van der Waals surface area (Å²) in [5, 5.41) is 13.2. The number of esters is 2. The lowest BCUT2D eigenvalue weighted by atomic mass is 9.98. The first kappa shape index (κ1) is 30.1. The number of nitrogens with one attached hydrogen (secondary N) is 1.